The van der Waals surface area contributed by atoms with Gasteiger partial charge in [-0.3, -0.25) is 4.79 Å². The molecule has 9 heteroatoms. The van der Waals surface area contributed by atoms with Gasteiger partial charge in [0.1, 0.15) is 5.82 Å². The van der Waals surface area contributed by atoms with Crippen molar-refractivity contribution in [2.45, 2.75) is 6.42 Å². The van der Waals surface area contributed by atoms with Crippen LogP contribution in [0, 0.1) is 5.92 Å². The Bertz CT molecular complexity index is 641. The Morgan fingerprint density at radius 1 is 1.68 bits per heavy atom. The van der Waals surface area contributed by atoms with Crippen molar-refractivity contribution in [1.82, 2.24) is 4.98 Å². The van der Waals surface area contributed by atoms with Crippen LogP contribution >= 0.6 is 0 Å². The molecular formula is C13H16N6O3. The lowest BCUT2D eigenvalue weighted by Gasteiger charge is -2.20. The molecule has 22 heavy (non-hydrogen) atoms. The Morgan fingerprint density at radius 2 is 2.45 bits per heavy atom. The number of hydrogen-bond acceptors (Lipinski definition) is 6. The number of nitrogens with one attached hydrogen (secondary N) is 1. The maximum absolute atomic E-state index is 12.2. The van der Waals surface area contributed by atoms with Crippen molar-refractivity contribution in [2.24, 2.45) is 11.0 Å². The zero-order valence-corrected chi connectivity index (χ0v) is 12.3. The standard InChI is InChI=1S/C13H16N6O3/c1-15-12-10(4-9(6-16-12)13(21)22-2)19-7-8(3-11(19)20)5-17-18-14/h4,6,8H,3,5,7H2,1-2H3,(H,15,16). The summed E-state index contributed by atoms with van der Waals surface area (Å²) in [6.45, 7) is 0.677. The van der Waals surface area contributed by atoms with Gasteiger partial charge in [0.2, 0.25) is 5.91 Å². The maximum Gasteiger partial charge on any atom is 0.339 e. The van der Waals surface area contributed by atoms with Crippen LogP contribution in [0.1, 0.15) is 16.8 Å². The third kappa shape index (κ3) is 3.09. The second-order valence-electron chi connectivity index (χ2n) is 4.82. The first-order valence-electron chi connectivity index (χ1n) is 6.68. The first-order valence-corrected chi connectivity index (χ1v) is 6.68. The lowest BCUT2D eigenvalue weighted by atomic mass is 10.1. The summed E-state index contributed by atoms with van der Waals surface area (Å²) in [6, 6.07) is 1.57. The fourth-order valence-electron chi connectivity index (χ4n) is 2.37. The topological polar surface area (TPSA) is 120 Å². The molecule has 2 heterocycles. The van der Waals surface area contributed by atoms with E-state index in [-0.39, 0.29) is 23.9 Å². The number of rotatable bonds is 5. The summed E-state index contributed by atoms with van der Waals surface area (Å²) in [6.07, 6.45) is 1.68. The first kappa shape index (κ1) is 15.6. The number of carbonyl (C=O) groups is 2. The smallest absolute Gasteiger partial charge is 0.339 e. The quantitative estimate of drug-likeness (QED) is 0.383. The lowest BCUT2D eigenvalue weighted by Crippen LogP contribution is -2.26. The van der Waals surface area contributed by atoms with Crippen LogP contribution in [0.25, 0.3) is 10.4 Å². The summed E-state index contributed by atoms with van der Waals surface area (Å²) in [5.41, 5.74) is 9.15. The van der Waals surface area contributed by atoms with Crippen molar-refractivity contribution in [3.05, 3.63) is 28.3 Å². The molecule has 0 spiro atoms. The zero-order chi connectivity index (χ0) is 16.1. The second kappa shape index (κ2) is 6.77. The van der Waals surface area contributed by atoms with Gasteiger partial charge in [-0.1, -0.05) is 5.11 Å². The van der Waals surface area contributed by atoms with Gasteiger partial charge in [-0.25, -0.2) is 9.78 Å². The zero-order valence-electron chi connectivity index (χ0n) is 12.3. The number of methoxy groups -OCH3 is 1. The molecule has 116 valence electrons. The highest BCUT2D eigenvalue weighted by Crippen LogP contribution is 2.31. The van der Waals surface area contributed by atoms with Gasteiger partial charge in [0.25, 0.3) is 0 Å². The summed E-state index contributed by atoms with van der Waals surface area (Å²) >= 11 is 0. The molecule has 2 rings (SSSR count). The Labute approximate surface area is 126 Å². The molecule has 1 aliphatic heterocycles. The normalized spacial score (nSPS) is 17.1. The fourth-order valence-corrected chi connectivity index (χ4v) is 2.37. The molecule has 1 amide bonds. The van der Waals surface area contributed by atoms with Gasteiger partial charge in [0.05, 0.1) is 18.4 Å². The van der Waals surface area contributed by atoms with Gasteiger partial charge in [-0.15, -0.1) is 0 Å². The van der Waals surface area contributed by atoms with Gasteiger partial charge >= 0.3 is 5.97 Å². The minimum atomic E-state index is -0.520. The summed E-state index contributed by atoms with van der Waals surface area (Å²) in [5.74, 6) is -0.174. The molecule has 0 aromatic carbocycles. The van der Waals surface area contributed by atoms with Gasteiger partial charge < -0.3 is 15.0 Å². The van der Waals surface area contributed by atoms with Crippen LogP contribution in [-0.4, -0.2) is 44.1 Å². The van der Waals surface area contributed by atoms with E-state index in [2.05, 4.69) is 25.1 Å². The molecule has 0 bridgehead atoms. The number of carbonyl (C=O) groups excluding carboxylic acids is 2. The van der Waals surface area contributed by atoms with Crippen molar-refractivity contribution < 1.29 is 14.3 Å². The van der Waals surface area contributed by atoms with E-state index in [1.807, 2.05) is 0 Å². The number of pyridine rings is 1. The van der Waals surface area contributed by atoms with Crippen molar-refractivity contribution >= 4 is 23.4 Å². The third-order valence-electron chi connectivity index (χ3n) is 3.42. The molecule has 1 aliphatic rings. The van der Waals surface area contributed by atoms with Crippen LogP contribution in [0.5, 0.6) is 0 Å². The number of amides is 1. The number of ether oxygens (including phenoxy) is 1. The van der Waals surface area contributed by atoms with E-state index in [4.69, 9.17) is 5.53 Å². The predicted octanol–water partition coefficient (Wildman–Crippen LogP) is 1.57. The maximum atomic E-state index is 12.2. The average Bonchev–Trinajstić information content (AvgIpc) is 2.92. The highest BCUT2D eigenvalue weighted by atomic mass is 16.5. The minimum absolute atomic E-state index is 0.0464. The first-order chi connectivity index (χ1) is 10.6. The van der Waals surface area contributed by atoms with E-state index >= 15 is 0 Å². The van der Waals surface area contributed by atoms with Crippen molar-refractivity contribution in [3.63, 3.8) is 0 Å². The van der Waals surface area contributed by atoms with E-state index < -0.39 is 5.97 Å². The van der Waals surface area contributed by atoms with Gasteiger partial charge in [-0.2, -0.15) is 0 Å². The largest absolute Gasteiger partial charge is 0.465 e. The molecule has 1 atom stereocenters. The van der Waals surface area contributed by atoms with E-state index in [0.717, 1.165) is 0 Å². The van der Waals surface area contributed by atoms with Gasteiger partial charge in [0.15, 0.2) is 0 Å². The van der Waals surface area contributed by atoms with Crippen LogP contribution in [0.15, 0.2) is 17.4 Å². The summed E-state index contributed by atoms with van der Waals surface area (Å²) in [4.78, 5) is 32.2. The molecule has 1 aromatic rings. The van der Waals surface area contributed by atoms with E-state index in [1.54, 1.807) is 18.0 Å². The van der Waals surface area contributed by atoms with Crippen LogP contribution < -0.4 is 10.2 Å². The summed E-state index contributed by atoms with van der Waals surface area (Å²) in [7, 11) is 2.96. The van der Waals surface area contributed by atoms with Crippen LogP contribution in [0.4, 0.5) is 11.5 Å². The Balaban J connectivity index is 2.32. The minimum Gasteiger partial charge on any atom is -0.465 e. The molecule has 1 saturated heterocycles. The molecule has 0 radical (unpaired) electrons. The number of azide groups is 1. The van der Waals surface area contributed by atoms with E-state index in [9.17, 15) is 9.59 Å². The van der Waals surface area contributed by atoms with Crippen LogP contribution in [-0.2, 0) is 9.53 Å². The van der Waals surface area contributed by atoms with E-state index in [0.29, 0.717) is 24.5 Å². The number of hydrogen-bond donors (Lipinski definition) is 1. The molecule has 1 N–H and O–H groups in total. The highest BCUT2D eigenvalue weighted by molar-refractivity contribution is 6.00. The van der Waals surface area contributed by atoms with Gasteiger partial charge in [0, 0.05) is 37.7 Å². The molecule has 9 nitrogen and oxygen atoms in total. The van der Waals surface area contributed by atoms with Gasteiger partial charge in [-0.05, 0) is 17.5 Å². The fraction of sp³-hybridized carbons (Fsp3) is 0.462. The average molecular weight is 304 g/mol. The summed E-state index contributed by atoms with van der Waals surface area (Å²) < 4.78 is 4.67. The number of aromatic nitrogens is 1. The number of anilines is 2. The predicted molar refractivity (Wildman–Crippen MR) is 79.6 cm³/mol. The van der Waals surface area contributed by atoms with E-state index in [1.165, 1.54) is 13.3 Å². The molecule has 0 aliphatic carbocycles. The highest BCUT2D eigenvalue weighted by Gasteiger charge is 2.32. The van der Waals surface area contributed by atoms with Crippen molar-refractivity contribution in [2.75, 3.05) is 37.5 Å². The third-order valence-corrected chi connectivity index (χ3v) is 3.42. The summed E-state index contributed by atoms with van der Waals surface area (Å²) in [5, 5.41) is 6.41. The monoisotopic (exact) mass is 304 g/mol. The lowest BCUT2D eigenvalue weighted by molar-refractivity contribution is -0.117. The van der Waals surface area contributed by atoms with Crippen LogP contribution in [0.2, 0.25) is 0 Å². The molecule has 1 unspecified atom stereocenters. The Kier molecular flexibility index (Phi) is 4.80. The molecular weight excluding hydrogens is 288 g/mol. The van der Waals surface area contributed by atoms with Crippen molar-refractivity contribution in [3.8, 4) is 0 Å². The number of nitrogens with zero attached hydrogens (tertiary/aromatic N) is 5. The second-order valence-corrected chi connectivity index (χ2v) is 4.82. The van der Waals surface area contributed by atoms with Crippen molar-refractivity contribution in [1.29, 1.82) is 0 Å². The number of esters is 1. The Hall–Kier alpha value is -2.80. The molecule has 1 aromatic heterocycles. The SMILES string of the molecule is CNc1ncc(C(=O)OC)cc1N1CC(CN=[N+]=[N-])CC1=O. The van der Waals surface area contributed by atoms with Crippen LogP contribution in [0.3, 0.4) is 0 Å². The molecule has 1 fully saturated rings. The Morgan fingerprint density at radius 3 is 3.09 bits per heavy atom. The molecule has 0 saturated carbocycles.